The van der Waals surface area contributed by atoms with Crippen LogP contribution in [0.15, 0.2) is 18.2 Å². The molecule has 1 aliphatic carbocycles. The minimum absolute atomic E-state index is 0.0866. The first-order chi connectivity index (χ1) is 14.0. The first kappa shape index (κ1) is 20.2. The van der Waals surface area contributed by atoms with Crippen molar-refractivity contribution in [2.45, 2.75) is 65.3 Å². The second-order valence-electron chi connectivity index (χ2n) is 9.14. The minimum atomic E-state index is -0.744. The van der Waals surface area contributed by atoms with Gasteiger partial charge >= 0.3 is 0 Å². The Bertz CT molecular complexity index is 778. The normalized spacial score (nSPS) is 23.8. The molecule has 0 spiro atoms. The van der Waals surface area contributed by atoms with Crippen molar-refractivity contribution >= 4 is 17.5 Å². The van der Waals surface area contributed by atoms with Crippen LogP contribution in [0.25, 0.3) is 0 Å². The van der Waals surface area contributed by atoms with Gasteiger partial charge in [-0.2, -0.15) is 0 Å². The van der Waals surface area contributed by atoms with Crippen molar-refractivity contribution in [2.24, 2.45) is 5.41 Å². The van der Waals surface area contributed by atoms with Crippen molar-refractivity contribution in [3.63, 3.8) is 0 Å². The zero-order valence-corrected chi connectivity index (χ0v) is 18.2. The number of hydrogen-bond acceptors (Lipinski definition) is 3. The van der Waals surface area contributed by atoms with E-state index in [1.54, 1.807) is 0 Å². The first-order valence-corrected chi connectivity index (χ1v) is 11.4. The molecule has 158 valence electrons. The van der Waals surface area contributed by atoms with Crippen LogP contribution in [0, 0.1) is 19.3 Å². The van der Waals surface area contributed by atoms with Crippen LogP contribution in [0.5, 0.6) is 0 Å². The zero-order valence-electron chi connectivity index (χ0n) is 18.2. The Morgan fingerprint density at radius 3 is 2.38 bits per heavy atom. The topological polar surface area (TPSA) is 43.9 Å². The Hall–Kier alpha value is -2.04. The van der Waals surface area contributed by atoms with Gasteiger partial charge in [0.25, 0.3) is 0 Å². The summed E-state index contributed by atoms with van der Waals surface area (Å²) in [4.78, 5) is 33.1. The third-order valence-electron chi connectivity index (χ3n) is 7.41. The maximum absolute atomic E-state index is 13.4. The van der Waals surface area contributed by atoms with Gasteiger partial charge in [-0.3, -0.25) is 9.59 Å². The summed E-state index contributed by atoms with van der Waals surface area (Å²) in [5.41, 5.74) is 3.15. The van der Waals surface area contributed by atoms with Crippen molar-refractivity contribution < 1.29 is 9.59 Å². The molecular formula is C24H35N3O2. The molecule has 2 saturated heterocycles. The Morgan fingerprint density at radius 2 is 1.72 bits per heavy atom. The molecule has 3 aliphatic rings. The molecule has 5 nitrogen and oxygen atoms in total. The first-order valence-electron chi connectivity index (χ1n) is 11.4. The van der Waals surface area contributed by atoms with Crippen LogP contribution in [0.1, 0.15) is 56.6 Å². The predicted molar refractivity (Wildman–Crippen MR) is 116 cm³/mol. The van der Waals surface area contributed by atoms with Crippen molar-refractivity contribution in [1.29, 1.82) is 0 Å². The fourth-order valence-electron chi connectivity index (χ4n) is 5.14. The molecule has 0 aromatic heterocycles. The lowest BCUT2D eigenvalue weighted by molar-refractivity contribution is -0.152. The number of carbonyl (C=O) groups is 2. The van der Waals surface area contributed by atoms with Crippen LogP contribution >= 0.6 is 0 Å². The maximum Gasteiger partial charge on any atom is 0.238 e. The van der Waals surface area contributed by atoms with Crippen LogP contribution in [-0.2, 0) is 9.59 Å². The second kappa shape index (κ2) is 8.00. The summed E-state index contributed by atoms with van der Waals surface area (Å²) in [6.45, 7) is 10.4. The van der Waals surface area contributed by atoms with E-state index in [-0.39, 0.29) is 11.8 Å². The lowest BCUT2D eigenvalue weighted by Crippen LogP contribution is -2.55. The number of carbonyl (C=O) groups excluding carboxylic acids is 2. The van der Waals surface area contributed by atoms with Gasteiger partial charge in [0.15, 0.2) is 0 Å². The molecule has 2 heterocycles. The summed E-state index contributed by atoms with van der Waals surface area (Å²) < 4.78 is 0. The molecule has 1 aromatic rings. The SMILES string of the molecule is CCC1CCCCN1C(=O)C1(C(=O)N2CCN(c3cccc(C)c3C)CC2)CC1. The Kier molecular flexibility index (Phi) is 5.58. The molecule has 1 atom stereocenters. The third-order valence-corrected chi connectivity index (χ3v) is 7.41. The number of aryl methyl sites for hydroxylation is 1. The Morgan fingerprint density at radius 1 is 1.00 bits per heavy atom. The fourth-order valence-corrected chi connectivity index (χ4v) is 5.14. The van der Waals surface area contributed by atoms with Gasteiger partial charge in [-0.15, -0.1) is 0 Å². The lowest BCUT2D eigenvalue weighted by Gasteiger charge is -2.41. The van der Waals surface area contributed by atoms with Crippen LogP contribution in [0.4, 0.5) is 5.69 Å². The largest absolute Gasteiger partial charge is 0.368 e. The van der Waals surface area contributed by atoms with Gasteiger partial charge in [0.2, 0.25) is 11.8 Å². The van der Waals surface area contributed by atoms with Gasteiger partial charge in [0.05, 0.1) is 0 Å². The summed E-state index contributed by atoms with van der Waals surface area (Å²) >= 11 is 0. The Labute approximate surface area is 175 Å². The van der Waals surface area contributed by atoms with Crippen molar-refractivity contribution in [1.82, 2.24) is 9.80 Å². The van der Waals surface area contributed by atoms with Crippen molar-refractivity contribution in [2.75, 3.05) is 37.6 Å². The molecule has 4 rings (SSSR count). The molecule has 2 amide bonds. The number of anilines is 1. The van der Waals surface area contributed by atoms with Gasteiger partial charge in [0, 0.05) is 44.5 Å². The van der Waals surface area contributed by atoms with E-state index in [0.29, 0.717) is 19.1 Å². The van der Waals surface area contributed by atoms with E-state index in [1.807, 2.05) is 9.80 Å². The summed E-state index contributed by atoms with van der Waals surface area (Å²) in [6.07, 6.45) is 5.81. The molecule has 0 N–H and O–H groups in total. The summed E-state index contributed by atoms with van der Waals surface area (Å²) in [5.74, 6) is 0.203. The average molecular weight is 398 g/mol. The molecule has 0 radical (unpaired) electrons. The quantitative estimate of drug-likeness (QED) is 0.730. The van der Waals surface area contributed by atoms with Crippen LogP contribution in [-0.4, -0.2) is 60.4 Å². The van der Waals surface area contributed by atoms with E-state index in [9.17, 15) is 9.59 Å². The molecule has 1 aromatic carbocycles. The molecule has 5 heteroatoms. The average Bonchev–Trinajstić information content (AvgIpc) is 3.57. The van der Waals surface area contributed by atoms with E-state index >= 15 is 0 Å². The highest BCUT2D eigenvalue weighted by molar-refractivity contribution is 6.08. The maximum atomic E-state index is 13.4. The summed E-state index contributed by atoms with van der Waals surface area (Å²) in [6, 6.07) is 6.75. The zero-order chi connectivity index (χ0) is 20.6. The van der Waals surface area contributed by atoms with Gasteiger partial charge in [-0.05, 0) is 69.6 Å². The van der Waals surface area contributed by atoms with Gasteiger partial charge in [0.1, 0.15) is 5.41 Å². The number of benzene rings is 1. The van der Waals surface area contributed by atoms with E-state index in [1.165, 1.54) is 23.2 Å². The number of amides is 2. The molecule has 1 unspecified atom stereocenters. The van der Waals surface area contributed by atoms with Crippen molar-refractivity contribution in [3.8, 4) is 0 Å². The third kappa shape index (κ3) is 3.64. The molecule has 1 saturated carbocycles. The van der Waals surface area contributed by atoms with E-state index < -0.39 is 5.41 Å². The Balaban J connectivity index is 1.41. The molecule has 3 fully saturated rings. The van der Waals surface area contributed by atoms with Crippen LogP contribution < -0.4 is 4.90 Å². The van der Waals surface area contributed by atoms with Gasteiger partial charge in [-0.25, -0.2) is 0 Å². The molecule has 29 heavy (non-hydrogen) atoms. The van der Waals surface area contributed by atoms with Gasteiger partial charge in [-0.1, -0.05) is 19.1 Å². The highest BCUT2D eigenvalue weighted by atomic mass is 16.2. The number of nitrogens with zero attached hydrogens (tertiary/aromatic N) is 3. The fraction of sp³-hybridized carbons (Fsp3) is 0.667. The highest BCUT2D eigenvalue weighted by Gasteiger charge is 2.60. The van der Waals surface area contributed by atoms with E-state index in [4.69, 9.17) is 0 Å². The predicted octanol–water partition coefficient (Wildman–Crippen LogP) is 3.52. The smallest absolute Gasteiger partial charge is 0.238 e. The lowest BCUT2D eigenvalue weighted by atomic mass is 9.95. The number of rotatable bonds is 4. The second-order valence-corrected chi connectivity index (χ2v) is 9.14. The monoisotopic (exact) mass is 397 g/mol. The molecular weight excluding hydrogens is 362 g/mol. The van der Waals surface area contributed by atoms with Gasteiger partial charge < -0.3 is 14.7 Å². The summed E-state index contributed by atoms with van der Waals surface area (Å²) in [7, 11) is 0. The van der Waals surface area contributed by atoms with E-state index in [2.05, 4.69) is 43.9 Å². The molecule has 2 aliphatic heterocycles. The number of likely N-dealkylation sites (tertiary alicyclic amines) is 1. The van der Waals surface area contributed by atoms with Crippen molar-refractivity contribution in [3.05, 3.63) is 29.3 Å². The number of piperazine rings is 1. The highest BCUT2D eigenvalue weighted by Crippen LogP contribution is 2.50. The van der Waals surface area contributed by atoms with Crippen LogP contribution in [0.3, 0.4) is 0 Å². The molecule has 0 bridgehead atoms. The van der Waals surface area contributed by atoms with Crippen LogP contribution in [0.2, 0.25) is 0 Å². The minimum Gasteiger partial charge on any atom is -0.368 e. The number of hydrogen-bond donors (Lipinski definition) is 0. The standard InChI is InChI=1S/C24H35N3O2/c1-4-20-9-5-6-13-27(20)23(29)24(11-12-24)22(28)26-16-14-25(15-17-26)21-10-7-8-18(2)19(21)3/h7-8,10,20H,4-6,9,11-17H2,1-3H3. The summed E-state index contributed by atoms with van der Waals surface area (Å²) in [5, 5.41) is 0. The van der Waals surface area contributed by atoms with E-state index in [0.717, 1.165) is 51.7 Å². The number of piperidine rings is 1.